The minimum absolute atomic E-state index is 0.0307. The molecule has 1 heterocycles. The molecule has 0 unspecified atom stereocenters. The maximum Gasteiger partial charge on any atom is 0.265 e. The first-order valence-electron chi connectivity index (χ1n) is 11.0. The Balaban J connectivity index is 1.60. The summed E-state index contributed by atoms with van der Waals surface area (Å²) in [7, 11) is 0. The number of anilines is 1. The zero-order valence-electron chi connectivity index (χ0n) is 18.6. The smallest absolute Gasteiger partial charge is 0.265 e. The number of hydrogen-bond acceptors (Lipinski definition) is 4. The van der Waals surface area contributed by atoms with Crippen molar-refractivity contribution in [1.82, 2.24) is 4.90 Å². The van der Waals surface area contributed by atoms with E-state index in [1.165, 1.54) is 4.90 Å². The largest absolute Gasteiger partial charge is 0.482 e. The van der Waals surface area contributed by atoms with Gasteiger partial charge in [0, 0.05) is 25.1 Å². The average molecular weight is 443 g/mol. The zero-order chi connectivity index (χ0) is 23.2. The summed E-state index contributed by atoms with van der Waals surface area (Å²) < 4.78 is 5.54. The topological polar surface area (TPSA) is 66.9 Å². The molecule has 0 spiro atoms. The summed E-state index contributed by atoms with van der Waals surface area (Å²) in [5.41, 5.74) is 2.97. The van der Waals surface area contributed by atoms with Crippen LogP contribution in [0.15, 0.2) is 78.9 Å². The number of amides is 2. The van der Waals surface area contributed by atoms with Crippen molar-refractivity contribution in [1.29, 1.82) is 0 Å². The Kier molecular flexibility index (Phi) is 6.83. The van der Waals surface area contributed by atoms with E-state index in [1.807, 2.05) is 60.7 Å². The maximum absolute atomic E-state index is 13.5. The Morgan fingerprint density at radius 3 is 2.09 bits per heavy atom. The fraction of sp³-hybridized carbons (Fsp3) is 0.222. The van der Waals surface area contributed by atoms with E-state index >= 15 is 0 Å². The molecule has 0 radical (unpaired) electrons. The third kappa shape index (κ3) is 5.29. The highest BCUT2D eigenvalue weighted by atomic mass is 16.5. The molecule has 0 atom stereocenters. The Labute approximate surface area is 193 Å². The van der Waals surface area contributed by atoms with Gasteiger partial charge in [-0.15, -0.1) is 0 Å². The van der Waals surface area contributed by atoms with Crippen LogP contribution in [0.1, 0.15) is 34.8 Å². The minimum atomic E-state index is -0.309. The normalized spacial score (nSPS) is 12.6. The van der Waals surface area contributed by atoms with Gasteiger partial charge in [0.1, 0.15) is 12.3 Å². The van der Waals surface area contributed by atoms with Crippen molar-refractivity contribution in [2.45, 2.75) is 26.4 Å². The molecule has 6 nitrogen and oxygen atoms in total. The molecule has 0 saturated carbocycles. The number of carbonyl (C=O) groups is 3. The van der Waals surface area contributed by atoms with Crippen molar-refractivity contribution < 1.29 is 19.1 Å². The minimum Gasteiger partial charge on any atom is -0.482 e. The van der Waals surface area contributed by atoms with E-state index in [1.54, 1.807) is 30.0 Å². The van der Waals surface area contributed by atoms with Crippen LogP contribution in [0.2, 0.25) is 0 Å². The van der Waals surface area contributed by atoms with Crippen LogP contribution in [0.3, 0.4) is 0 Å². The first-order chi connectivity index (χ1) is 16.0. The van der Waals surface area contributed by atoms with Crippen LogP contribution in [-0.2, 0) is 22.7 Å². The van der Waals surface area contributed by atoms with Gasteiger partial charge in [0.15, 0.2) is 12.4 Å². The lowest BCUT2D eigenvalue weighted by Gasteiger charge is -2.31. The summed E-state index contributed by atoms with van der Waals surface area (Å²) >= 11 is 0. The molecule has 168 valence electrons. The number of hydrogen-bond donors (Lipinski definition) is 0. The van der Waals surface area contributed by atoms with Crippen LogP contribution in [-0.4, -0.2) is 35.6 Å². The summed E-state index contributed by atoms with van der Waals surface area (Å²) in [6.07, 6.45) is 0.356. The van der Waals surface area contributed by atoms with Crippen molar-refractivity contribution in [3.05, 3.63) is 95.6 Å². The second kappa shape index (κ2) is 10.1. The van der Waals surface area contributed by atoms with Crippen molar-refractivity contribution in [2.24, 2.45) is 0 Å². The van der Waals surface area contributed by atoms with Gasteiger partial charge in [-0.1, -0.05) is 67.6 Å². The molecule has 0 fully saturated rings. The van der Waals surface area contributed by atoms with E-state index in [9.17, 15) is 14.4 Å². The quantitative estimate of drug-likeness (QED) is 0.490. The molecule has 0 aliphatic carbocycles. The number of rotatable bonds is 8. The highest BCUT2D eigenvalue weighted by Crippen LogP contribution is 2.33. The first kappa shape index (κ1) is 22.3. The lowest BCUT2D eigenvalue weighted by atomic mass is 10.1. The monoisotopic (exact) mass is 442 g/mol. The Morgan fingerprint density at radius 2 is 1.52 bits per heavy atom. The Hall–Kier alpha value is -3.93. The van der Waals surface area contributed by atoms with Gasteiger partial charge < -0.3 is 9.64 Å². The Morgan fingerprint density at radius 1 is 0.909 bits per heavy atom. The number of Topliss-reactive ketones (excluding diaryl/α,β-unsaturated/α-hetero) is 1. The van der Waals surface area contributed by atoms with Gasteiger partial charge >= 0.3 is 0 Å². The van der Waals surface area contributed by atoms with Crippen LogP contribution in [0, 0.1) is 0 Å². The number of ketones is 1. The van der Waals surface area contributed by atoms with Gasteiger partial charge in [0.25, 0.3) is 5.91 Å². The predicted molar refractivity (Wildman–Crippen MR) is 126 cm³/mol. The van der Waals surface area contributed by atoms with E-state index in [2.05, 4.69) is 0 Å². The fourth-order valence-electron chi connectivity index (χ4n) is 3.83. The van der Waals surface area contributed by atoms with Gasteiger partial charge in [0.05, 0.1) is 5.69 Å². The molecule has 4 rings (SSSR count). The summed E-state index contributed by atoms with van der Waals surface area (Å²) in [4.78, 5) is 41.6. The number of carbonyl (C=O) groups excluding carboxylic acids is 3. The molecular formula is C27H26N2O4. The van der Waals surface area contributed by atoms with Crippen molar-refractivity contribution in [3.8, 4) is 5.75 Å². The predicted octanol–water partition coefficient (Wildman–Crippen LogP) is 4.23. The highest BCUT2D eigenvalue weighted by molar-refractivity contribution is 6.04. The number of benzene rings is 3. The van der Waals surface area contributed by atoms with Gasteiger partial charge in [0.2, 0.25) is 5.91 Å². The van der Waals surface area contributed by atoms with Gasteiger partial charge in [-0.3, -0.25) is 19.3 Å². The first-order valence-corrected chi connectivity index (χ1v) is 11.0. The van der Waals surface area contributed by atoms with Crippen LogP contribution >= 0.6 is 0 Å². The van der Waals surface area contributed by atoms with Crippen LogP contribution in [0.25, 0.3) is 0 Å². The van der Waals surface area contributed by atoms with E-state index in [-0.39, 0.29) is 30.7 Å². The van der Waals surface area contributed by atoms with E-state index in [0.29, 0.717) is 36.5 Å². The fourth-order valence-corrected chi connectivity index (χ4v) is 3.83. The SMILES string of the molecule is CCC(=O)c1ccc2c(c1)N(CC(=O)N(Cc1ccccc1)Cc1ccccc1)C(=O)CO2. The van der Waals surface area contributed by atoms with Crippen molar-refractivity contribution in [2.75, 3.05) is 18.1 Å². The van der Waals surface area contributed by atoms with Crippen molar-refractivity contribution in [3.63, 3.8) is 0 Å². The van der Waals surface area contributed by atoms with Gasteiger partial charge in [-0.05, 0) is 29.3 Å². The number of fused-ring (bicyclic) bond motifs is 1. The lowest BCUT2D eigenvalue weighted by molar-refractivity contribution is -0.133. The summed E-state index contributed by atoms with van der Waals surface area (Å²) in [5.74, 6) is -0.0305. The average Bonchev–Trinajstić information content (AvgIpc) is 2.85. The second-order valence-corrected chi connectivity index (χ2v) is 7.95. The molecule has 3 aromatic carbocycles. The van der Waals surface area contributed by atoms with E-state index < -0.39 is 0 Å². The molecule has 33 heavy (non-hydrogen) atoms. The third-order valence-electron chi connectivity index (χ3n) is 5.62. The molecule has 0 aromatic heterocycles. The molecule has 3 aromatic rings. The molecule has 0 saturated heterocycles. The summed E-state index contributed by atoms with van der Waals surface area (Å²) in [6.45, 7) is 2.37. The molecule has 6 heteroatoms. The summed E-state index contributed by atoms with van der Waals surface area (Å²) in [6, 6.07) is 24.6. The lowest BCUT2D eigenvalue weighted by Crippen LogP contribution is -2.46. The van der Waals surface area contributed by atoms with Gasteiger partial charge in [-0.25, -0.2) is 0 Å². The van der Waals surface area contributed by atoms with Crippen LogP contribution in [0.4, 0.5) is 5.69 Å². The molecule has 2 amide bonds. The molecular weight excluding hydrogens is 416 g/mol. The zero-order valence-corrected chi connectivity index (χ0v) is 18.6. The van der Waals surface area contributed by atoms with E-state index in [4.69, 9.17) is 4.74 Å². The standard InChI is InChI=1S/C27H26N2O4/c1-2-24(30)22-13-14-25-23(15-22)29(27(32)19-33-25)18-26(31)28(16-20-9-5-3-6-10-20)17-21-11-7-4-8-12-21/h3-15H,2,16-19H2,1H3. The second-order valence-electron chi connectivity index (χ2n) is 7.95. The number of ether oxygens (including phenoxy) is 1. The molecule has 1 aliphatic heterocycles. The molecule has 0 N–H and O–H groups in total. The summed E-state index contributed by atoms with van der Waals surface area (Å²) in [5, 5.41) is 0. The Bertz CT molecular complexity index is 1100. The van der Waals surface area contributed by atoms with Gasteiger partial charge in [-0.2, -0.15) is 0 Å². The van der Waals surface area contributed by atoms with Crippen LogP contribution in [0.5, 0.6) is 5.75 Å². The molecule has 0 bridgehead atoms. The third-order valence-corrected chi connectivity index (χ3v) is 5.62. The molecule has 1 aliphatic rings. The maximum atomic E-state index is 13.5. The highest BCUT2D eigenvalue weighted by Gasteiger charge is 2.30. The number of nitrogens with zero attached hydrogens (tertiary/aromatic N) is 2. The van der Waals surface area contributed by atoms with Crippen molar-refractivity contribution >= 4 is 23.3 Å². The van der Waals surface area contributed by atoms with Crippen LogP contribution < -0.4 is 9.64 Å². The van der Waals surface area contributed by atoms with E-state index in [0.717, 1.165) is 11.1 Å².